The second kappa shape index (κ2) is 17.2. The Labute approximate surface area is 253 Å². The third-order valence-corrected chi connectivity index (χ3v) is 7.59. The van der Waals surface area contributed by atoms with E-state index in [4.69, 9.17) is 34.5 Å². The second-order valence-corrected chi connectivity index (χ2v) is 11.4. The lowest BCUT2D eigenvalue weighted by atomic mass is 9.99. The molecule has 0 saturated heterocycles. The zero-order valence-electron chi connectivity index (χ0n) is 24.5. The van der Waals surface area contributed by atoms with Gasteiger partial charge in [-0.15, -0.1) is 0 Å². The van der Waals surface area contributed by atoms with Crippen molar-refractivity contribution in [2.75, 3.05) is 58.1 Å². The van der Waals surface area contributed by atoms with E-state index in [1.807, 2.05) is 30.5 Å². The highest BCUT2D eigenvalue weighted by atomic mass is 31.2. The fourth-order valence-electron chi connectivity index (χ4n) is 4.74. The predicted octanol–water partition coefficient (Wildman–Crippen LogP) is 4.32. The van der Waals surface area contributed by atoms with E-state index < -0.39 is 8.38 Å². The van der Waals surface area contributed by atoms with Crippen LogP contribution in [0.1, 0.15) is 28.7 Å². The first-order valence-electron chi connectivity index (χ1n) is 14.5. The van der Waals surface area contributed by atoms with Crippen molar-refractivity contribution in [2.24, 2.45) is 0 Å². The zero-order valence-corrected chi connectivity index (χ0v) is 25.4. The molecule has 4 N–H and O–H groups in total. The van der Waals surface area contributed by atoms with Crippen LogP contribution in [0.4, 0.5) is 5.82 Å². The van der Waals surface area contributed by atoms with Crippen LogP contribution >= 0.6 is 8.38 Å². The normalized spacial score (nSPS) is 11.5. The summed E-state index contributed by atoms with van der Waals surface area (Å²) in [7, 11) is -1.89. The third-order valence-electron chi connectivity index (χ3n) is 7.00. The number of anilines is 1. The first-order chi connectivity index (χ1) is 20.9. The van der Waals surface area contributed by atoms with E-state index in [9.17, 15) is 4.79 Å². The minimum atomic E-state index is -1.89. The van der Waals surface area contributed by atoms with Crippen LogP contribution < -0.4 is 10.5 Å². The lowest BCUT2D eigenvalue weighted by Crippen LogP contribution is -2.13. The number of nitrogens with two attached hydrogens (primary N) is 1. The molecule has 0 aliphatic heterocycles. The van der Waals surface area contributed by atoms with Gasteiger partial charge in [0.1, 0.15) is 24.2 Å². The average Bonchev–Trinajstić information content (AvgIpc) is 2.99. The molecule has 0 spiro atoms. The molecule has 0 aliphatic rings. The van der Waals surface area contributed by atoms with Crippen molar-refractivity contribution in [1.29, 1.82) is 0 Å². The van der Waals surface area contributed by atoms with E-state index in [1.165, 1.54) is 11.1 Å². The topological polar surface area (TPSA) is 146 Å². The van der Waals surface area contributed by atoms with Gasteiger partial charge in [-0.3, -0.25) is 4.98 Å². The third kappa shape index (κ3) is 10.2. The van der Waals surface area contributed by atoms with E-state index in [1.54, 1.807) is 0 Å². The van der Waals surface area contributed by atoms with Gasteiger partial charge in [0.15, 0.2) is 14.2 Å². The van der Waals surface area contributed by atoms with Gasteiger partial charge in [0.05, 0.1) is 45.2 Å². The molecule has 0 radical (unpaired) electrons. The summed E-state index contributed by atoms with van der Waals surface area (Å²) in [6.45, 7) is 5.08. The van der Waals surface area contributed by atoms with Crippen LogP contribution in [0.25, 0.3) is 21.8 Å². The summed E-state index contributed by atoms with van der Waals surface area (Å²) in [5.74, 6) is 1.22. The largest absolute Gasteiger partial charge is 0.491 e. The lowest BCUT2D eigenvalue weighted by Gasteiger charge is -2.12. The summed E-state index contributed by atoms with van der Waals surface area (Å²) in [5.41, 5.74) is 12.4. The molecule has 11 heteroatoms. The maximum Gasteiger partial charge on any atom is 0.167 e. The van der Waals surface area contributed by atoms with E-state index in [2.05, 4.69) is 35.1 Å². The number of carbonyl (C=O) groups excluding carboxylic acids is 1. The summed E-state index contributed by atoms with van der Waals surface area (Å²) < 4.78 is 22.1. The number of nitrogen functional groups attached to an aromatic ring is 1. The molecular weight excluding hydrogens is 569 g/mol. The number of ether oxygens (including phenoxy) is 4. The molecule has 0 atom stereocenters. The molecule has 0 bridgehead atoms. The number of nitrogens with zero attached hydrogens (tertiary/aromatic N) is 2. The molecule has 43 heavy (non-hydrogen) atoms. The van der Waals surface area contributed by atoms with Crippen LogP contribution in [0, 0.1) is 6.92 Å². The summed E-state index contributed by atoms with van der Waals surface area (Å²) in [5, 5.41) is 1.99. The van der Waals surface area contributed by atoms with Crippen LogP contribution in [-0.2, 0) is 38.3 Å². The van der Waals surface area contributed by atoms with Gasteiger partial charge in [0, 0.05) is 29.6 Å². The number of carbonyl (C=O) groups is 1. The van der Waals surface area contributed by atoms with Gasteiger partial charge in [0.25, 0.3) is 0 Å². The van der Waals surface area contributed by atoms with Crippen LogP contribution in [0.2, 0.25) is 0 Å². The van der Waals surface area contributed by atoms with Crippen molar-refractivity contribution in [2.45, 2.75) is 32.6 Å². The number of benzene rings is 2. The minimum absolute atomic E-state index is 0.253. The average molecular weight is 610 g/mol. The Kier molecular flexibility index (Phi) is 13.0. The number of hydrogen-bond donors (Lipinski definition) is 3. The predicted molar refractivity (Wildman–Crippen MR) is 169 cm³/mol. The molecule has 230 valence electrons. The Bertz CT molecular complexity index is 1480. The van der Waals surface area contributed by atoms with Gasteiger partial charge in [-0.2, -0.15) is 0 Å². The van der Waals surface area contributed by atoms with Crippen LogP contribution in [0.5, 0.6) is 5.75 Å². The van der Waals surface area contributed by atoms with Gasteiger partial charge < -0.3 is 39.3 Å². The molecule has 0 fully saturated rings. The van der Waals surface area contributed by atoms with Crippen molar-refractivity contribution in [3.05, 3.63) is 70.9 Å². The van der Waals surface area contributed by atoms with Crippen molar-refractivity contribution < 1.29 is 33.5 Å². The van der Waals surface area contributed by atoms with Gasteiger partial charge in [-0.1, -0.05) is 18.2 Å². The van der Waals surface area contributed by atoms with Crippen LogP contribution in [0.3, 0.4) is 0 Å². The highest BCUT2D eigenvalue weighted by Crippen LogP contribution is 2.29. The van der Waals surface area contributed by atoms with Crippen molar-refractivity contribution in [3.63, 3.8) is 0 Å². The maximum absolute atomic E-state index is 10.8. The van der Waals surface area contributed by atoms with Crippen LogP contribution in [0.15, 0.2) is 48.7 Å². The van der Waals surface area contributed by atoms with E-state index in [-0.39, 0.29) is 6.16 Å². The zero-order chi connectivity index (χ0) is 30.4. The molecule has 4 rings (SSSR count). The van der Waals surface area contributed by atoms with Crippen LogP contribution in [-0.4, -0.2) is 78.5 Å². The van der Waals surface area contributed by atoms with E-state index in [0.717, 1.165) is 52.3 Å². The second-order valence-electron chi connectivity index (χ2n) is 10.2. The Hall–Kier alpha value is -3.24. The summed E-state index contributed by atoms with van der Waals surface area (Å²) >= 11 is 0. The highest BCUT2D eigenvalue weighted by molar-refractivity contribution is 7.45. The Balaban J connectivity index is 1.22. The summed E-state index contributed by atoms with van der Waals surface area (Å²) in [4.78, 5) is 37.6. The molecule has 0 unspecified atom stereocenters. The lowest BCUT2D eigenvalue weighted by molar-refractivity contribution is -0.107. The Morgan fingerprint density at radius 2 is 1.58 bits per heavy atom. The van der Waals surface area contributed by atoms with Crippen molar-refractivity contribution in [3.8, 4) is 5.75 Å². The molecule has 2 aromatic heterocycles. The van der Waals surface area contributed by atoms with E-state index in [0.29, 0.717) is 70.4 Å². The van der Waals surface area contributed by atoms with Crippen molar-refractivity contribution in [1.82, 2.24) is 9.97 Å². The first kappa shape index (κ1) is 32.7. The molecule has 2 aromatic carbocycles. The standard InChI is InChI=1S/C32H40N3O7P/c1-23-19-27(42-16-15-40-12-11-39-13-14-41-17-18-43(37)38)8-7-26(23)6-4-25-20-29-28-9-5-24(3-2-10-36)21-30(28)35-32(33)31(29)34-22-25/h5,7-10,19-22,37-38H,2-4,6,11-18H2,1H3,(H2,33,35). The first-order valence-corrected chi connectivity index (χ1v) is 15.9. The van der Waals surface area contributed by atoms with Crippen molar-refractivity contribution >= 4 is 42.3 Å². The highest BCUT2D eigenvalue weighted by Gasteiger charge is 2.10. The maximum atomic E-state index is 10.8. The van der Waals surface area contributed by atoms with Gasteiger partial charge in [-0.05, 0) is 72.7 Å². The smallest absolute Gasteiger partial charge is 0.167 e. The van der Waals surface area contributed by atoms with Gasteiger partial charge >= 0.3 is 0 Å². The molecule has 10 nitrogen and oxygen atoms in total. The van der Waals surface area contributed by atoms with E-state index >= 15 is 0 Å². The molecule has 0 amide bonds. The van der Waals surface area contributed by atoms with Gasteiger partial charge in [-0.25, -0.2) is 4.98 Å². The number of rotatable bonds is 19. The molecule has 2 heterocycles. The fourth-order valence-corrected chi connectivity index (χ4v) is 5.03. The number of hydrogen-bond acceptors (Lipinski definition) is 10. The molecular formula is C32H40N3O7P. The molecule has 0 aliphatic carbocycles. The number of fused-ring (bicyclic) bond motifs is 3. The SMILES string of the molecule is Cc1cc(OCCOCCOCCOCCP(O)O)ccc1CCc1cnc2c(N)nc3cc(CCC=O)ccc3c2c1. The Morgan fingerprint density at radius 3 is 2.30 bits per heavy atom. The molecule has 0 saturated carbocycles. The number of aryl methyl sites for hydroxylation is 4. The number of aromatic nitrogens is 2. The number of pyridine rings is 2. The summed E-state index contributed by atoms with van der Waals surface area (Å²) in [6.07, 6.45) is 5.93. The van der Waals surface area contributed by atoms with Gasteiger partial charge in [0.2, 0.25) is 0 Å². The monoisotopic (exact) mass is 609 g/mol. The quantitative estimate of drug-likeness (QED) is 0.0608. The molecule has 4 aromatic rings. The Morgan fingerprint density at radius 1 is 0.837 bits per heavy atom. The summed E-state index contributed by atoms with van der Waals surface area (Å²) in [6, 6.07) is 14.4. The number of aldehydes is 1. The fraction of sp³-hybridized carbons (Fsp3) is 0.406. The minimum Gasteiger partial charge on any atom is -0.491 e.